The normalized spacial score (nSPS) is 12.7. The van der Waals surface area contributed by atoms with Crippen LogP contribution in [-0.4, -0.2) is 21.2 Å². The number of nitrogens with zero attached hydrogens (tertiary/aromatic N) is 2. The summed E-state index contributed by atoms with van der Waals surface area (Å²) in [4.78, 5) is 13.4. The molecule has 5 heteroatoms. The van der Waals surface area contributed by atoms with Gasteiger partial charge >= 0.3 is 0 Å². The molecule has 28 heavy (non-hydrogen) atoms. The fraction of sp³-hybridized carbons (Fsp3) is 0.174. The summed E-state index contributed by atoms with van der Waals surface area (Å²) in [5, 5.41) is 28.8. The van der Waals surface area contributed by atoms with E-state index in [2.05, 4.69) is 0 Å². The van der Waals surface area contributed by atoms with Gasteiger partial charge in [-0.05, 0) is 38.5 Å². The molecule has 0 spiro atoms. The lowest BCUT2D eigenvalue weighted by atomic mass is 9.83. The molecular weight excluding hydrogens is 350 g/mol. The third-order valence-corrected chi connectivity index (χ3v) is 5.16. The van der Waals surface area contributed by atoms with Crippen LogP contribution in [0.4, 0.5) is 0 Å². The van der Waals surface area contributed by atoms with Gasteiger partial charge < -0.3 is 9.67 Å². The van der Waals surface area contributed by atoms with Gasteiger partial charge in [-0.1, -0.05) is 35.9 Å². The molecule has 0 bridgehead atoms. The zero-order valence-electron chi connectivity index (χ0n) is 15.9. The van der Waals surface area contributed by atoms with Crippen molar-refractivity contribution in [3.8, 4) is 23.2 Å². The highest BCUT2D eigenvalue weighted by Gasteiger charge is 2.37. The van der Waals surface area contributed by atoms with E-state index in [1.807, 2.05) is 51.1 Å². The number of rotatable bonds is 2. The van der Waals surface area contributed by atoms with E-state index in [0.717, 1.165) is 11.1 Å². The van der Waals surface area contributed by atoms with Crippen molar-refractivity contribution in [2.75, 3.05) is 0 Å². The summed E-state index contributed by atoms with van der Waals surface area (Å²) in [6.45, 7) is 5.84. The summed E-state index contributed by atoms with van der Waals surface area (Å²) in [6.07, 6.45) is 0. The van der Waals surface area contributed by atoms with Crippen LogP contribution >= 0.6 is 0 Å². The molecule has 2 aromatic carbocycles. The third-order valence-electron chi connectivity index (χ3n) is 5.16. The van der Waals surface area contributed by atoms with Gasteiger partial charge in [0.15, 0.2) is 5.78 Å². The molecule has 0 amide bonds. The van der Waals surface area contributed by atoms with Crippen molar-refractivity contribution in [3.05, 3.63) is 75.8 Å². The van der Waals surface area contributed by atoms with Crippen LogP contribution in [0.3, 0.4) is 0 Å². The Kier molecular flexibility index (Phi) is 3.93. The molecule has 1 aliphatic carbocycles. The molecule has 0 fully saturated rings. The Morgan fingerprint density at radius 3 is 2.36 bits per heavy atom. The van der Waals surface area contributed by atoms with Gasteiger partial charge in [0.25, 0.3) is 0 Å². The smallest absolute Gasteiger partial charge is 0.202 e. The minimum absolute atomic E-state index is 0.0751. The van der Waals surface area contributed by atoms with E-state index < -0.39 is 0 Å². The van der Waals surface area contributed by atoms with Crippen molar-refractivity contribution in [3.63, 3.8) is 0 Å². The lowest BCUT2D eigenvalue weighted by Crippen LogP contribution is -2.20. The second kappa shape index (κ2) is 6.21. The molecule has 3 aromatic rings. The summed E-state index contributed by atoms with van der Waals surface area (Å²) in [6, 6.07) is 14.4. The van der Waals surface area contributed by atoms with Crippen LogP contribution < -0.4 is 0 Å². The van der Waals surface area contributed by atoms with Gasteiger partial charge in [-0.3, -0.25) is 10.2 Å². The maximum absolute atomic E-state index is 13.4. The molecule has 1 aliphatic rings. The van der Waals surface area contributed by atoms with Crippen LogP contribution in [0, 0.1) is 23.7 Å². The predicted molar refractivity (Wildman–Crippen MR) is 107 cm³/mol. The van der Waals surface area contributed by atoms with Gasteiger partial charge in [0, 0.05) is 17.2 Å². The molecule has 1 heterocycles. The van der Waals surface area contributed by atoms with E-state index >= 15 is 0 Å². The first-order valence-electron chi connectivity index (χ1n) is 9.07. The first-order valence-corrected chi connectivity index (χ1v) is 9.07. The Morgan fingerprint density at radius 1 is 1.07 bits per heavy atom. The van der Waals surface area contributed by atoms with E-state index in [1.165, 1.54) is 6.07 Å². The Balaban J connectivity index is 2.08. The average molecular weight is 369 g/mol. The summed E-state index contributed by atoms with van der Waals surface area (Å²) < 4.78 is 1.71. The maximum atomic E-state index is 13.4. The SMILES string of the molecule is Cc1ccc(-c2c3c(c(O)n2C(C)C)C(=N)c2ccc(C#N)cc2C3=O)cc1. The summed E-state index contributed by atoms with van der Waals surface area (Å²) >= 11 is 0. The highest BCUT2D eigenvalue weighted by Crippen LogP contribution is 2.43. The molecular formula is C23H19N3O2. The maximum Gasteiger partial charge on any atom is 0.202 e. The van der Waals surface area contributed by atoms with Crippen molar-refractivity contribution < 1.29 is 9.90 Å². The van der Waals surface area contributed by atoms with Crippen LogP contribution in [0.25, 0.3) is 11.3 Å². The molecule has 0 atom stereocenters. The highest BCUT2D eigenvalue weighted by atomic mass is 16.3. The van der Waals surface area contributed by atoms with Crippen molar-refractivity contribution >= 4 is 11.5 Å². The number of hydrogen-bond acceptors (Lipinski definition) is 4. The topological polar surface area (TPSA) is 89.9 Å². The largest absolute Gasteiger partial charge is 0.494 e. The molecule has 0 saturated heterocycles. The van der Waals surface area contributed by atoms with Crippen molar-refractivity contribution in [1.82, 2.24) is 4.57 Å². The molecule has 0 radical (unpaired) electrons. The zero-order valence-corrected chi connectivity index (χ0v) is 15.9. The molecule has 0 aliphatic heterocycles. The van der Waals surface area contributed by atoms with E-state index in [9.17, 15) is 15.2 Å². The molecule has 1 aromatic heterocycles. The number of aromatic nitrogens is 1. The number of nitrogens with one attached hydrogen (secondary N) is 1. The Hall–Kier alpha value is -3.65. The molecule has 138 valence electrons. The van der Waals surface area contributed by atoms with Crippen LogP contribution in [0.15, 0.2) is 42.5 Å². The first-order chi connectivity index (χ1) is 13.3. The second-order valence-corrected chi connectivity index (χ2v) is 7.33. The van der Waals surface area contributed by atoms with Gasteiger partial charge in [0.1, 0.15) is 0 Å². The Labute approximate surface area is 163 Å². The third kappa shape index (κ3) is 2.39. The van der Waals surface area contributed by atoms with E-state index in [-0.39, 0.29) is 29.0 Å². The van der Waals surface area contributed by atoms with Crippen molar-refractivity contribution in [1.29, 1.82) is 10.7 Å². The molecule has 0 unspecified atom stereocenters. The van der Waals surface area contributed by atoms with Crippen LogP contribution in [-0.2, 0) is 0 Å². The van der Waals surface area contributed by atoms with Crippen LogP contribution in [0.2, 0.25) is 0 Å². The lowest BCUT2D eigenvalue weighted by Gasteiger charge is -2.18. The fourth-order valence-electron chi connectivity index (χ4n) is 3.82. The standard InChI is InChI=1S/C23H19N3O2/c1-12(2)26-21(15-7-4-13(3)5-8-15)19-18(23(26)28)20(25)16-9-6-14(11-24)10-17(16)22(19)27/h4-10,12,25,28H,1-3H3. The zero-order chi connectivity index (χ0) is 20.2. The number of carbonyl (C=O) groups is 1. The minimum Gasteiger partial charge on any atom is -0.494 e. The first kappa shape index (κ1) is 17.7. The number of aryl methyl sites for hydroxylation is 1. The molecule has 5 nitrogen and oxygen atoms in total. The van der Waals surface area contributed by atoms with Gasteiger partial charge in [-0.25, -0.2) is 0 Å². The van der Waals surface area contributed by atoms with E-state index in [4.69, 9.17) is 5.41 Å². The van der Waals surface area contributed by atoms with Gasteiger partial charge in [0.2, 0.25) is 5.88 Å². The number of carbonyl (C=O) groups excluding carboxylic acids is 1. The summed E-state index contributed by atoms with van der Waals surface area (Å²) in [5.41, 5.74) is 4.30. The van der Waals surface area contributed by atoms with Crippen molar-refractivity contribution in [2.45, 2.75) is 26.8 Å². The van der Waals surface area contributed by atoms with Crippen LogP contribution in [0.5, 0.6) is 5.88 Å². The average Bonchev–Trinajstić information content (AvgIpc) is 3.00. The monoisotopic (exact) mass is 369 g/mol. The van der Waals surface area contributed by atoms with E-state index in [0.29, 0.717) is 27.9 Å². The molecule has 0 saturated carbocycles. The number of nitriles is 1. The number of ketones is 1. The molecule has 4 rings (SSSR count). The molecule has 2 N–H and O–H groups in total. The lowest BCUT2D eigenvalue weighted by molar-refractivity contribution is 0.103. The number of aromatic hydroxyl groups is 1. The highest BCUT2D eigenvalue weighted by molar-refractivity contribution is 6.32. The Morgan fingerprint density at radius 2 is 1.75 bits per heavy atom. The quantitative estimate of drug-likeness (QED) is 0.542. The van der Waals surface area contributed by atoms with Gasteiger partial charge in [0.05, 0.1) is 34.2 Å². The fourth-order valence-corrected chi connectivity index (χ4v) is 3.82. The van der Waals surface area contributed by atoms with E-state index in [1.54, 1.807) is 16.7 Å². The van der Waals surface area contributed by atoms with Gasteiger partial charge in [-0.2, -0.15) is 5.26 Å². The van der Waals surface area contributed by atoms with Crippen LogP contribution in [0.1, 0.15) is 58.1 Å². The number of fused-ring (bicyclic) bond motifs is 2. The summed E-state index contributed by atoms with van der Waals surface area (Å²) in [7, 11) is 0. The number of hydrogen-bond donors (Lipinski definition) is 2. The minimum atomic E-state index is -0.275. The predicted octanol–water partition coefficient (Wildman–Crippen LogP) is 4.58. The Bertz CT molecular complexity index is 1190. The van der Waals surface area contributed by atoms with Gasteiger partial charge in [-0.15, -0.1) is 0 Å². The summed E-state index contributed by atoms with van der Waals surface area (Å²) in [5.74, 6) is -0.350. The van der Waals surface area contributed by atoms with Crippen molar-refractivity contribution in [2.24, 2.45) is 0 Å². The number of benzene rings is 2. The second-order valence-electron chi connectivity index (χ2n) is 7.33.